The van der Waals surface area contributed by atoms with Gasteiger partial charge in [-0.2, -0.15) is 0 Å². The zero-order chi connectivity index (χ0) is 24.6. The van der Waals surface area contributed by atoms with E-state index >= 15 is 0 Å². The first-order chi connectivity index (χ1) is 17.0. The number of aromatic nitrogens is 1. The lowest BCUT2D eigenvalue weighted by Gasteiger charge is -2.23. The van der Waals surface area contributed by atoms with Crippen LogP contribution in [0.4, 0.5) is 5.13 Å². The molecule has 1 aromatic heterocycles. The fourth-order valence-electron chi connectivity index (χ4n) is 3.83. The standard InChI is InChI=1S/C26H28Cl2N2O4S/c1-2-32-19-8-10-20(11-9-19)33-14-4-6-25(31)30(16-21-5-3-13-34-21)26-29-24(17-35-26)22-12-7-18(27)15-23(22)28/h7-12,15,17,21H,2-6,13-14,16H2,1H3/t21-/m0/s1. The maximum atomic E-state index is 13.2. The second-order valence-electron chi connectivity index (χ2n) is 8.14. The minimum atomic E-state index is -0.00102. The Kier molecular flexibility index (Phi) is 9.26. The van der Waals surface area contributed by atoms with Crippen molar-refractivity contribution in [2.24, 2.45) is 0 Å². The van der Waals surface area contributed by atoms with E-state index < -0.39 is 0 Å². The second kappa shape index (κ2) is 12.6. The van der Waals surface area contributed by atoms with Crippen LogP contribution in [0.2, 0.25) is 10.0 Å². The number of anilines is 1. The van der Waals surface area contributed by atoms with Crippen LogP contribution in [0.5, 0.6) is 11.5 Å². The Balaban J connectivity index is 1.39. The summed E-state index contributed by atoms with van der Waals surface area (Å²) in [6, 6.07) is 12.8. The van der Waals surface area contributed by atoms with Crippen molar-refractivity contribution >= 4 is 45.6 Å². The van der Waals surface area contributed by atoms with Gasteiger partial charge in [0.15, 0.2) is 5.13 Å². The molecule has 1 aliphatic heterocycles. The average Bonchev–Trinajstić information content (AvgIpc) is 3.54. The Labute approximate surface area is 219 Å². The van der Waals surface area contributed by atoms with Crippen LogP contribution in [0.15, 0.2) is 47.8 Å². The third kappa shape index (κ3) is 7.10. The highest BCUT2D eigenvalue weighted by Crippen LogP contribution is 2.34. The molecule has 0 spiro atoms. The van der Waals surface area contributed by atoms with E-state index in [1.165, 1.54) is 11.3 Å². The van der Waals surface area contributed by atoms with Gasteiger partial charge in [0.25, 0.3) is 0 Å². The number of thiazole rings is 1. The molecule has 35 heavy (non-hydrogen) atoms. The topological polar surface area (TPSA) is 60.9 Å². The number of nitrogens with zero attached hydrogens (tertiary/aromatic N) is 2. The number of hydrogen-bond donors (Lipinski definition) is 0. The summed E-state index contributed by atoms with van der Waals surface area (Å²) in [5, 5.41) is 3.64. The van der Waals surface area contributed by atoms with E-state index in [1.807, 2.05) is 42.6 Å². The number of carbonyl (C=O) groups excluding carboxylic acids is 1. The van der Waals surface area contributed by atoms with Gasteiger partial charge < -0.3 is 14.2 Å². The van der Waals surface area contributed by atoms with Gasteiger partial charge in [-0.15, -0.1) is 11.3 Å². The fraction of sp³-hybridized carbons (Fsp3) is 0.385. The summed E-state index contributed by atoms with van der Waals surface area (Å²) >= 11 is 13.8. The lowest BCUT2D eigenvalue weighted by atomic mass is 10.2. The number of halogens is 2. The molecule has 6 nitrogen and oxygen atoms in total. The van der Waals surface area contributed by atoms with Crippen LogP contribution in [0, 0.1) is 0 Å². The third-order valence-corrected chi connectivity index (χ3v) is 6.99. The Morgan fingerprint density at radius 1 is 1.17 bits per heavy atom. The molecule has 9 heteroatoms. The highest BCUT2D eigenvalue weighted by molar-refractivity contribution is 7.14. The van der Waals surface area contributed by atoms with Crippen molar-refractivity contribution in [1.82, 2.24) is 4.98 Å². The molecule has 1 fully saturated rings. The first kappa shape index (κ1) is 25.8. The van der Waals surface area contributed by atoms with Crippen molar-refractivity contribution in [3.63, 3.8) is 0 Å². The van der Waals surface area contributed by atoms with Gasteiger partial charge in [-0.1, -0.05) is 23.2 Å². The molecule has 3 aromatic rings. The molecule has 1 aliphatic rings. The van der Waals surface area contributed by atoms with E-state index in [0.717, 1.165) is 42.2 Å². The molecule has 0 aliphatic carbocycles. The molecular formula is C26H28Cl2N2O4S. The number of carbonyl (C=O) groups is 1. The minimum absolute atomic E-state index is 0.00102. The molecule has 0 bridgehead atoms. The quantitative estimate of drug-likeness (QED) is 0.250. The molecule has 1 atom stereocenters. The first-order valence-electron chi connectivity index (χ1n) is 11.7. The van der Waals surface area contributed by atoms with Gasteiger partial charge in [0.2, 0.25) is 5.91 Å². The van der Waals surface area contributed by atoms with Gasteiger partial charge in [-0.3, -0.25) is 9.69 Å². The number of amides is 1. The molecule has 186 valence electrons. The molecule has 0 unspecified atom stereocenters. The van der Waals surface area contributed by atoms with Crippen molar-refractivity contribution < 1.29 is 19.0 Å². The highest BCUT2D eigenvalue weighted by atomic mass is 35.5. The van der Waals surface area contributed by atoms with Gasteiger partial charge in [0.1, 0.15) is 11.5 Å². The molecule has 4 rings (SSSR count). The lowest BCUT2D eigenvalue weighted by Crippen LogP contribution is -2.37. The molecule has 2 aromatic carbocycles. The van der Waals surface area contributed by atoms with Crippen LogP contribution in [0.1, 0.15) is 32.6 Å². The molecule has 1 saturated heterocycles. The summed E-state index contributed by atoms with van der Waals surface area (Å²) < 4.78 is 17.1. The zero-order valence-corrected chi connectivity index (χ0v) is 21.9. The van der Waals surface area contributed by atoms with Gasteiger partial charge in [0, 0.05) is 29.0 Å². The van der Waals surface area contributed by atoms with Crippen LogP contribution in [0.3, 0.4) is 0 Å². The molecule has 0 radical (unpaired) electrons. The van der Waals surface area contributed by atoms with Gasteiger partial charge in [-0.25, -0.2) is 4.98 Å². The van der Waals surface area contributed by atoms with Crippen molar-refractivity contribution in [3.8, 4) is 22.8 Å². The molecule has 0 saturated carbocycles. The van der Waals surface area contributed by atoms with Crippen LogP contribution in [-0.4, -0.2) is 43.4 Å². The summed E-state index contributed by atoms with van der Waals surface area (Å²) in [5.74, 6) is 1.56. The summed E-state index contributed by atoms with van der Waals surface area (Å²) in [6.45, 7) is 4.23. The summed E-state index contributed by atoms with van der Waals surface area (Å²) in [5.41, 5.74) is 1.50. The van der Waals surface area contributed by atoms with E-state index in [4.69, 9.17) is 42.4 Å². The van der Waals surface area contributed by atoms with Crippen molar-refractivity contribution in [2.75, 3.05) is 31.3 Å². The number of rotatable bonds is 11. The predicted molar refractivity (Wildman–Crippen MR) is 141 cm³/mol. The monoisotopic (exact) mass is 534 g/mol. The Morgan fingerprint density at radius 3 is 2.63 bits per heavy atom. The van der Waals surface area contributed by atoms with Crippen LogP contribution < -0.4 is 14.4 Å². The van der Waals surface area contributed by atoms with Crippen LogP contribution in [0.25, 0.3) is 11.3 Å². The van der Waals surface area contributed by atoms with E-state index in [1.54, 1.807) is 17.0 Å². The fourth-order valence-corrected chi connectivity index (χ4v) is 5.19. The smallest absolute Gasteiger partial charge is 0.228 e. The van der Waals surface area contributed by atoms with E-state index in [9.17, 15) is 4.79 Å². The zero-order valence-electron chi connectivity index (χ0n) is 19.5. The maximum absolute atomic E-state index is 13.2. The number of benzene rings is 2. The highest BCUT2D eigenvalue weighted by Gasteiger charge is 2.26. The van der Waals surface area contributed by atoms with Gasteiger partial charge in [-0.05, 0) is 68.7 Å². The van der Waals surface area contributed by atoms with Crippen molar-refractivity contribution in [3.05, 3.63) is 57.9 Å². The third-order valence-electron chi connectivity index (χ3n) is 5.58. The van der Waals surface area contributed by atoms with Gasteiger partial charge >= 0.3 is 0 Å². The van der Waals surface area contributed by atoms with Crippen molar-refractivity contribution in [1.29, 1.82) is 0 Å². The van der Waals surface area contributed by atoms with Crippen molar-refractivity contribution in [2.45, 2.75) is 38.7 Å². The summed E-state index contributed by atoms with van der Waals surface area (Å²) in [7, 11) is 0. The van der Waals surface area contributed by atoms with E-state index in [0.29, 0.717) is 47.8 Å². The summed E-state index contributed by atoms with van der Waals surface area (Å²) in [6.07, 6.45) is 2.90. The molecule has 0 N–H and O–H groups in total. The number of hydrogen-bond acceptors (Lipinski definition) is 6. The predicted octanol–water partition coefficient (Wildman–Crippen LogP) is 6.89. The van der Waals surface area contributed by atoms with E-state index in [2.05, 4.69) is 0 Å². The average molecular weight is 535 g/mol. The second-order valence-corrected chi connectivity index (χ2v) is 9.82. The Hall–Kier alpha value is -2.32. The number of ether oxygens (including phenoxy) is 3. The molecular weight excluding hydrogens is 507 g/mol. The normalized spacial score (nSPS) is 15.2. The lowest BCUT2D eigenvalue weighted by molar-refractivity contribution is -0.119. The minimum Gasteiger partial charge on any atom is -0.494 e. The van der Waals surface area contributed by atoms with Crippen LogP contribution in [-0.2, 0) is 9.53 Å². The maximum Gasteiger partial charge on any atom is 0.228 e. The first-order valence-corrected chi connectivity index (χ1v) is 13.4. The molecule has 1 amide bonds. The van der Waals surface area contributed by atoms with E-state index in [-0.39, 0.29) is 12.0 Å². The Bertz CT molecular complexity index is 1120. The largest absolute Gasteiger partial charge is 0.494 e. The molecule has 2 heterocycles. The summed E-state index contributed by atoms with van der Waals surface area (Å²) in [4.78, 5) is 19.7. The van der Waals surface area contributed by atoms with Crippen LogP contribution >= 0.6 is 34.5 Å². The SMILES string of the molecule is CCOc1ccc(OCCCC(=O)N(C[C@@H]2CCCO2)c2nc(-c3ccc(Cl)cc3Cl)cs2)cc1. The Morgan fingerprint density at radius 2 is 1.94 bits per heavy atom. The van der Waals surface area contributed by atoms with Gasteiger partial charge in [0.05, 0.1) is 36.6 Å².